The van der Waals surface area contributed by atoms with Crippen LogP contribution in [0.3, 0.4) is 0 Å². The van der Waals surface area contributed by atoms with Gasteiger partial charge < -0.3 is 20.8 Å². The molecule has 22 heavy (non-hydrogen) atoms. The van der Waals surface area contributed by atoms with Gasteiger partial charge in [-0.1, -0.05) is 11.8 Å². The van der Waals surface area contributed by atoms with Crippen molar-refractivity contribution in [2.24, 2.45) is 0 Å². The molecule has 0 bridgehead atoms. The molecule has 0 fully saturated rings. The summed E-state index contributed by atoms with van der Waals surface area (Å²) in [7, 11) is 1.58. The Kier molecular flexibility index (Phi) is 5.05. The van der Waals surface area contributed by atoms with Gasteiger partial charge in [0, 0.05) is 11.8 Å². The minimum absolute atomic E-state index is 0.119. The van der Waals surface area contributed by atoms with Crippen molar-refractivity contribution in [2.45, 2.75) is 17.3 Å². The maximum absolute atomic E-state index is 12.1. The Labute approximate surface area is 131 Å². The Balaban J connectivity index is 2.00. The van der Waals surface area contributed by atoms with Crippen LogP contribution in [0.15, 0.2) is 40.3 Å². The van der Waals surface area contributed by atoms with Crippen LogP contribution in [0.1, 0.15) is 6.92 Å². The predicted molar refractivity (Wildman–Crippen MR) is 86.2 cm³/mol. The second-order valence-corrected chi connectivity index (χ2v) is 5.78. The van der Waals surface area contributed by atoms with Gasteiger partial charge >= 0.3 is 0 Å². The zero-order chi connectivity index (χ0) is 16.1. The lowest BCUT2D eigenvalue weighted by atomic mass is 10.3. The van der Waals surface area contributed by atoms with Gasteiger partial charge in [0.05, 0.1) is 12.4 Å². The molecule has 2 rings (SSSR count). The van der Waals surface area contributed by atoms with Crippen LogP contribution in [0, 0.1) is 0 Å². The predicted octanol–water partition coefficient (Wildman–Crippen LogP) is 1.48. The summed E-state index contributed by atoms with van der Waals surface area (Å²) in [5.41, 5.74) is 5.82. The van der Waals surface area contributed by atoms with Crippen molar-refractivity contribution in [3.63, 3.8) is 0 Å². The lowest BCUT2D eigenvalue weighted by Gasteiger charge is -2.11. The van der Waals surface area contributed by atoms with E-state index in [0.29, 0.717) is 16.6 Å². The Morgan fingerprint density at radius 3 is 2.68 bits per heavy atom. The molecule has 116 valence electrons. The lowest BCUT2D eigenvalue weighted by molar-refractivity contribution is -0.115. The number of nitrogens with two attached hydrogens (primary N) is 1. The van der Waals surface area contributed by atoms with Crippen LogP contribution in [-0.2, 0) is 4.79 Å². The smallest absolute Gasteiger partial charge is 0.253 e. The van der Waals surface area contributed by atoms with Crippen molar-refractivity contribution in [2.75, 3.05) is 18.2 Å². The molecule has 7 nitrogen and oxygen atoms in total. The number of aromatic amines is 1. The van der Waals surface area contributed by atoms with Crippen LogP contribution >= 0.6 is 11.8 Å². The van der Waals surface area contributed by atoms with Gasteiger partial charge in [0.2, 0.25) is 5.91 Å². The maximum Gasteiger partial charge on any atom is 0.253 e. The van der Waals surface area contributed by atoms with E-state index in [1.165, 1.54) is 6.07 Å². The zero-order valence-corrected chi connectivity index (χ0v) is 12.9. The normalized spacial score (nSPS) is 11.7. The second kappa shape index (κ2) is 6.99. The molecule has 0 aliphatic carbocycles. The SMILES string of the molecule is COc1ccc(NC(=O)C(C)Sc2nc(N)cc(=O)[nH]2)cc1. The molecule has 0 saturated carbocycles. The van der Waals surface area contributed by atoms with E-state index in [0.717, 1.165) is 11.8 Å². The first-order valence-electron chi connectivity index (χ1n) is 6.46. The Morgan fingerprint density at radius 2 is 2.09 bits per heavy atom. The number of ether oxygens (including phenoxy) is 1. The van der Waals surface area contributed by atoms with E-state index in [9.17, 15) is 9.59 Å². The third kappa shape index (κ3) is 4.26. The number of H-pyrrole nitrogens is 1. The van der Waals surface area contributed by atoms with E-state index in [1.54, 1.807) is 38.3 Å². The van der Waals surface area contributed by atoms with E-state index in [-0.39, 0.29) is 17.3 Å². The fourth-order valence-electron chi connectivity index (χ4n) is 1.65. The molecular weight excluding hydrogens is 304 g/mol. The molecule has 4 N–H and O–H groups in total. The number of aromatic nitrogens is 2. The minimum atomic E-state index is -0.452. The van der Waals surface area contributed by atoms with Crippen molar-refractivity contribution < 1.29 is 9.53 Å². The van der Waals surface area contributed by atoms with Crippen LogP contribution < -0.4 is 21.3 Å². The van der Waals surface area contributed by atoms with E-state index in [4.69, 9.17) is 10.5 Å². The summed E-state index contributed by atoms with van der Waals surface area (Å²) < 4.78 is 5.05. The van der Waals surface area contributed by atoms with Crippen LogP contribution in [0.4, 0.5) is 11.5 Å². The summed E-state index contributed by atoms with van der Waals surface area (Å²) in [4.78, 5) is 29.9. The number of nitrogen functional groups attached to an aromatic ring is 1. The third-order valence-electron chi connectivity index (χ3n) is 2.75. The molecule has 0 aliphatic rings. The number of carbonyl (C=O) groups is 1. The van der Waals surface area contributed by atoms with Crippen LogP contribution in [0.2, 0.25) is 0 Å². The largest absolute Gasteiger partial charge is 0.497 e. The van der Waals surface area contributed by atoms with Crippen molar-refractivity contribution in [3.05, 3.63) is 40.7 Å². The molecule has 0 radical (unpaired) electrons. The number of methoxy groups -OCH3 is 1. The molecule has 1 atom stereocenters. The summed E-state index contributed by atoms with van der Waals surface area (Å²) >= 11 is 1.12. The average Bonchev–Trinajstić information content (AvgIpc) is 2.46. The molecule has 2 aromatic rings. The number of hydrogen-bond acceptors (Lipinski definition) is 6. The van der Waals surface area contributed by atoms with E-state index >= 15 is 0 Å². The monoisotopic (exact) mass is 320 g/mol. The molecule has 1 amide bonds. The minimum Gasteiger partial charge on any atom is -0.497 e. The first kappa shape index (κ1) is 15.9. The van der Waals surface area contributed by atoms with Gasteiger partial charge in [-0.05, 0) is 31.2 Å². The number of nitrogens with one attached hydrogen (secondary N) is 2. The highest BCUT2D eigenvalue weighted by Crippen LogP contribution is 2.21. The van der Waals surface area contributed by atoms with Crippen LogP contribution in [-0.4, -0.2) is 28.2 Å². The fourth-order valence-corrected chi connectivity index (χ4v) is 2.47. The number of carbonyl (C=O) groups excluding carboxylic acids is 1. The van der Waals surface area contributed by atoms with Gasteiger partial charge in [0.1, 0.15) is 11.6 Å². The topological polar surface area (TPSA) is 110 Å². The molecular formula is C14H16N4O3S. The molecule has 1 unspecified atom stereocenters. The number of hydrogen-bond donors (Lipinski definition) is 3. The van der Waals surface area contributed by atoms with Gasteiger partial charge in [-0.15, -0.1) is 0 Å². The van der Waals surface area contributed by atoms with Crippen molar-refractivity contribution in [1.82, 2.24) is 9.97 Å². The Hall–Kier alpha value is -2.48. The average molecular weight is 320 g/mol. The standard InChI is InChI=1S/C14H16N4O3S/c1-8(22-14-17-11(15)7-12(19)18-14)13(20)16-9-3-5-10(21-2)6-4-9/h3-8H,1-2H3,(H,16,20)(H3,15,17,18,19). The summed E-state index contributed by atoms with van der Waals surface area (Å²) in [6.07, 6.45) is 0. The number of amides is 1. The van der Waals surface area contributed by atoms with E-state index in [2.05, 4.69) is 15.3 Å². The Bertz CT molecular complexity index is 715. The van der Waals surface area contributed by atoms with E-state index in [1.807, 2.05) is 0 Å². The number of anilines is 2. The van der Waals surface area contributed by atoms with Crippen LogP contribution in [0.5, 0.6) is 5.75 Å². The second-order valence-electron chi connectivity index (χ2n) is 4.45. The van der Waals surface area contributed by atoms with Gasteiger partial charge in [-0.2, -0.15) is 0 Å². The van der Waals surface area contributed by atoms with Crippen LogP contribution in [0.25, 0.3) is 0 Å². The summed E-state index contributed by atoms with van der Waals surface area (Å²) in [6, 6.07) is 8.18. The van der Waals surface area contributed by atoms with Gasteiger partial charge in [-0.25, -0.2) is 4.98 Å². The van der Waals surface area contributed by atoms with Gasteiger partial charge in [0.15, 0.2) is 5.16 Å². The number of rotatable bonds is 5. The quantitative estimate of drug-likeness (QED) is 0.568. The highest BCUT2D eigenvalue weighted by atomic mass is 32.2. The number of nitrogens with zero attached hydrogens (tertiary/aromatic N) is 1. The summed E-state index contributed by atoms with van der Waals surface area (Å²) in [5.74, 6) is 0.621. The number of benzene rings is 1. The van der Waals surface area contributed by atoms with Crippen molar-refractivity contribution in [1.29, 1.82) is 0 Å². The van der Waals surface area contributed by atoms with E-state index < -0.39 is 5.25 Å². The molecule has 1 heterocycles. The zero-order valence-electron chi connectivity index (χ0n) is 12.1. The molecule has 8 heteroatoms. The summed E-state index contributed by atoms with van der Waals surface area (Å²) in [6.45, 7) is 1.71. The molecule has 0 saturated heterocycles. The highest BCUT2D eigenvalue weighted by molar-refractivity contribution is 8.00. The first-order valence-corrected chi connectivity index (χ1v) is 7.34. The maximum atomic E-state index is 12.1. The lowest BCUT2D eigenvalue weighted by Crippen LogP contribution is -2.23. The van der Waals surface area contributed by atoms with Gasteiger partial charge in [-0.3, -0.25) is 9.59 Å². The highest BCUT2D eigenvalue weighted by Gasteiger charge is 2.16. The fraction of sp³-hybridized carbons (Fsp3) is 0.214. The first-order chi connectivity index (χ1) is 10.5. The summed E-state index contributed by atoms with van der Waals surface area (Å²) in [5, 5.41) is 2.63. The van der Waals surface area contributed by atoms with Crippen molar-refractivity contribution >= 4 is 29.2 Å². The third-order valence-corrected chi connectivity index (χ3v) is 3.74. The number of thioether (sulfide) groups is 1. The van der Waals surface area contributed by atoms with Gasteiger partial charge in [0.25, 0.3) is 5.56 Å². The molecule has 0 spiro atoms. The molecule has 1 aromatic carbocycles. The molecule has 0 aliphatic heterocycles. The van der Waals surface area contributed by atoms with Crippen molar-refractivity contribution in [3.8, 4) is 5.75 Å². The molecule has 1 aromatic heterocycles. The Morgan fingerprint density at radius 1 is 1.41 bits per heavy atom.